The monoisotopic (exact) mass is 378 g/mol. The molecule has 1 heterocycles. The van der Waals surface area contributed by atoms with Crippen LogP contribution in [0.2, 0.25) is 0 Å². The van der Waals surface area contributed by atoms with Gasteiger partial charge in [-0.1, -0.05) is 19.8 Å². The van der Waals surface area contributed by atoms with Crippen molar-refractivity contribution in [3.05, 3.63) is 22.2 Å². The summed E-state index contributed by atoms with van der Waals surface area (Å²) in [6, 6.07) is 3.70. The van der Waals surface area contributed by atoms with Crippen molar-refractivity contribution in [3.8, 4) is 11.5 Å². The maximum absolute atomic E-state index is 12.4. The van der Waals surface area contributed by atoms with E-state index in [4.69, 9.17) is 9.47 Å². The molecule has 4 rings (SSSR count). The number of carbonyl (C=O) groups is 1. The molecule has 1 N–H and O–H groups in total. The molecular formula is C17H19BrN2O3. The van der Waals surface area contributed by atoms with Crippen molar-refractivity contribution in [1.29, 1.82) is 0 Å². The molecule has 3 aliphatic rings. The lowest BCUT2D eigenvalue weighted by Gasteiger charge is -2.15. The van der Waals surface area contributed by atoms with E-state index in [9.17, 15) is 4.79 Å². The molecule has 0 bridgehead atoms. The van der Waals surface area contributed by atoms with Crippen molar-refractivity contribution in [2.24, 2.45) is 22.4 Å². The van der Waals surface area contributed by atoms with Gasteiger partial charge < -0.3 is 9.47 Å². The zero-order valence-electron chi connectivity index (χ0n) is 13.0. The van der Waals surface area contributed by atoms with Gasteiger partial charge in [0.05, 0.1) is 6.21 Å². The number of amides is 1. The fourth-order valence-corrected chi connectivity index (χ4v) is 4.54. The van der Waals surface area contributed by atoms with Crippen LogP contribution >= 0.6 is 15.9 Å². The highest BCUT2D eigenvalue weighted by molar-refractivity contribution is 9.10. The van der Waals surface area contributed by atoms with Crippen LogP contribution in [0.15, 0.2) is 21.7 Å². The predicted octanol–water partition coefficient (Wildman–Crippen LogP) is 3.45. The van der Waals surface area contributed by atoms with Crippen LogP contribution in [0.3, 0.4) is 0 Å². The van der Waals surface area contributed by atoms with Gasteiger partial charge in [-0.25, -0.2) is 5.43 Å². The summed E-state index contributed by atoms with van der Waals surface area (Å²) in [7, 11) is 0. The Hall–Kier alpha value is -1.56. The third-order valence-electron chi connectivity index (χ3n) is 5.48. The van der Waals surface area contributed by atoms with Crippen molar-refractivity contribution >= 4 is 28.1 Å². The fraction of sp³-hybridized carbons (Fsp3) is 0.529. The SMILES string of the molecule is C[C@]12CCCC[C@@H]1[C@@H]2C(=O)N/N=C\c1cc2c(cc1Br)OCO2. The van der Waals surface area contributed by atoms with Gasteiger partial charge in [0.15, 0.2) is 11.5 Å². The second-order valence-corrected chi connectivity index (χ2v) is 7.65. The van der Waals surface area contributed by atoms with Crippen LogP contribution in [0, 0.1) is 17.3 Å². The molecular weight excluding hydrogens is 360 g/mol. The Kier molecular flexibility index (Phi) is 3.59. The lowest BCUT2D eigenvalue weighted by Crippen LogP contribution is -2.22. The van der Waals surface area contributed by atoms with Gasteiger partial charge in [-0.3, -0.25) is 4.79 Å². The van der Waals surface area contributed by atoms with Gasteiger partial charge in [-0.15, -0.1) is 0 Å². The first kappa shape index (κ1) is 15.0. The van der Waals surface area contributed by atoms with Gasteiger partial charge >= 0.3 is 0 Å². The van der Waals surface area contributed by atoms with E-state index in [1.807, 2.05) is 12.1 Å². The number of hydrogen-bond donors (Lipinski definition) is 1. The molecule has 1 aromatic carbocycles. The number of ether oxygens (including phenoxy) is 2. The Balaban J connectivity index is 1.41. The summed E-state index contributed by atoms with van der Waals surface area (Å²) in [6.07, 6.45) is 6.46. The van der Waals surface area contributed by atoms with Gasteiger partial charge in [0.1, 0.15) is 0 Å². The second kappa shape index (κ2) is 5.51. The Bertz CT molecular complexity index is 691. The quantitative estimate of drug-likeness (QED) is 0.647. The van der Waals surface area contributed by atoms with Gasteiger partial charge in [0.25, 0.3) is 0 Å². The largest absolute Gasteiger partial charge is 0.454 e. The van der Waals surface area contributed by atoms with Gasteiger partial charge in [-0.05, 0) is 52.2 Å². The maximum atomic E-state index is 12.4. The summed E-state index contributed by atoms with van der Waals surface area (Å²) >= 11 is 3.48. The van der Waals surface area contributed by atoms with E-state index in [0.717, 1.165) is 16.5 Å². The first-order valence-electron chi connectivity index (χ1n) is 8.02. The summed E-state index contributed by atoms with van der Waals surface area (Å²) in [4.78, 5) is 12.4. The number of halogens is 1. The van der Waals surface area contributed by atoms with Crippen LogP contribution in [-0.2, 0) is 4.79 Å². The van der Waals surface area contributed by atoms with Crippen LogP contribution in [0.25, 0.3) is 0 Å². The van der Waals surface area contributed by atoms with Crippen molar-refractivity contribution in [1.82, 2.24) is 5.43 Å². The zero-order valence-corrected chi connectivity index (χ0v) is 14.6. The topological polar surface area (TPSA) is 59.9 Å². The minimum atomic E-state index is 0.0486. The Morgan fingerprint density at radius 3 is 2.91 bits per heavy atom. The molecule has 0 unspecified atom stereocenters. The van der Waals surface area contributed by atoms with Crippen LogP contribution in [0.5, 0.6) is 11.5 Å². The highest BCUT2D eigenvalue weighted by atomic mass is 79.9. The lowest BCUT2D eigenvalue weighted by molar-refractivity contribution is -0.123. The number of nitrogens with zero attached hydrogens (tertiary/aromatic N) is 1. The summed E-state index contributed by atoms with van der Waals surface area (Å²) in [5, 5.41) is 4.13. The average molecular weight is 379 g/mol. The highest BCUT2D eigenvalue weighted by Crippen LogP contribution is 2.66. The Labute approximate surface area is 143 Å². The molecule has 0 spiro atoms. The summed E-state index contributed by atoms with van der Waals surface area (Å²) in [5.74, 6) is 2.13. The normalized spacial score (nSPS) is 31.0. The maximum Gasteiger partial charge on any atom is 0.244 e. The van der Waals surface area contributed by atoms with Crippen molar-refractivity contribution in [2.45, 2.75) is 32.6 Å². The molecule has 1 amide bonds. The fourth-order valence-electron chi connectivity index (χ4n) is 4.12. The van der Waals surface area contributed by atoms with E-state index >= 15 is 0 Å². The highest BCUT2D eigenvalue weighted by Gasteiger charge is 2.64. The Morgan fingerprint density at radius 1 is 1.39 bits per heavy atom. The lowest BCUT2D eigenvalue weighted by atomic mass is 9.90. The first-order chi connectivity index (χ1) is 11.1. The van der Waals surface area contributed by atoms with Crippen molar-refractivity contribution in [3.63, 3.8) is 0 Å². The van der Waals surface area contributed by atoms with E-state index in [1.165, 1.54) is 19.3 Å². The van der Waals surface area contributed by atoms with E-state index in [0.29, 0.717) is 17.4 Å². The molecule has 2 fully saturated rings. The molecule has 6 heteroatoms. The summed E-state index contributed by atoms with van der Waals surface area (Å²) < 4.78 is 11.5. The third-order valence-corrected chi connectivity index (χ3v) is 6.17. The third kappa shape index (κ3) is 2.53. The van der Waals surface area contributed by atoms with Crippen LogP contribution in [-0.4, -0.2) is 18.9 Å². The molecule has 3 atom stereocenters. The first-order valence-corrected chi connectivity index (χ1v) is 8.81. The van der Waals surface area contributed by atoms with Gasteiger partial charge in [0, 0.05) is 16.0 Å². The molecule has 0 saturated heterocycles. The molecule has 1 aliphatic heterocycles. The van der Waals surface area contributed by atoms with Gasteiger partial charge in [-0.2, -0.15) is 5.10 Å². The number of nitrogens with one attached hydrogen (secondary N) is 1. The second-order valence-electron chi connectivity index (χ2n) is 6.80. The smallest absolute Gasteiger partial charge is 0.244 e. The van der Waals surface area contributed by atoms with E-state index in [2.05, 4.69) is 33.4 Å². The molecule has 0 aromatic heterocycles. The molecule has 2 aliphatic carbocycles. The van der Waals surface area contributed by atoms with Crippen LogP contribution < -0.4 is 14.9 Å². The summed E-state index contributed by atoms with van der Waals surface area (Å²) in [6.45, 7) is 2.47. The number of carbonyl (C=O) groups excluding carboxylic acids is 1. The standard InChI is InChI=1S/C17H19BrN2O3/c1-17-5-3-2-4-11(17)15(17)16(21)20-19-8-10-6-13-14(7-12(10)18)23-9-22-13/h6-8,11,15H,2-5,9H2,1H3,(H,20,21)/b19-8-/t11-,15-,17+/m1/s1. The van der Waals surface area contributed by atoms with Crippen molar-refractivity contribution < 1.29 is 14.3 Å². The number of rotatable bonds is 3. The molecule has 2 saturated carbocycles. The molecule has 5 nitrogen and oxygen atoms in total. The van der Waals surface area contributed by atoms with Gasteiger partial charge in [0.2, 0.25) is 12.7 Å². The minimum Gasteiger partial charge on any atom is -0.454 e. The average Bonchev–Trinajstić information content (AvgIpc) is 2.91. The summed E-state index contributed by atoms with van der Waals surface area (Å²) in [5.41, 5.74) is 3.75. The van der Waals surface area contributed by atoms with E-state index in [1.54, 1.807) is 6.21 Å². The molecule has 122 valence electrons. The number of benzene rings is 1. The molecule has 1 aromatic rings. The number of hydrazone groups is 1. The Morgan fingerprint density at radius 2 is 2.17 bits per heavy atom. The zero-order chi connectivity index (χ0) is 16.0. The van der Waals surface area contributed by atoms with Crippen LogP contribution in [0.1, 0.15) is 38.2 Å². The van der Waals surface area contributed by atoms with E-state index < -0.39 is 0 Å². The van der Waals surface area contributed by atoms with E-state index in [-0.39, 0.29) is 24.0 Å². The predicted molar refractivity (Wildman–Crippen MR) is 89.6 cm³/mol. The molecule has 0 radical (unpaired) electrons. The number of hydrogen-bond acceptors (Lipinski definition) is 4. The minimum absolute atomic E-state index is 0.0486. The van der Waals surface area contributed by atoms with Crippen LogP contribution in [0.4, 0.5) is 0 Å². The number of fused-ring (bicyclic) bond motifs is 2. The van der Waals surface area contributed by atoms with Crippen molar-refractivity contribution in [2.75, 3.05) is 6.79 Å². The molecule has 23 heavy (non-hydrogen) atoms.